The quantitative estimate of drug-likeness (QED) is 0.852. The molecule has 1 aliphatic rings. The van der Waals surface area contributed by atoms with Crippen molar-refractivity contribution in [2.45, 2.75) is 11.8 Å². The van der Waals surface area contributed by atoms with Gasteiger partial charge in [-0.2, -0.15) is 8.42 Å². The van der Waals surface area contributed by atoms with E-state index in [0.717, 1.165) is 16.9 Å². The summed E-state index contributed by atoms with van der Waals surface area (Å²) in [5.74, 6) is 0. The Kier molecular flexibility index (Phi) is 3.64. The summed E-state index contributed by atoms with van der Waals surface area (Å²) in [7, 11) is -4.16. The second kappa shape index (κ2) is 5.47. The fourth-order valence-corrected chi connectivity index (χ4v) is 2.94. The molecule has 0 amide bonds. The summed E-state index contributed by atoms with van der Waals surface area (Å²) in [5.41, 5.74) is 7.53. The van der Waals surface area contributed by atoms with Crippen molar-refractivity contribution in [1.82, 2.24) is 5.43 Å². The van der Waals surface area contributed by atoms with E-state index in [9.17, 15) is 8.42 Å². The van der Waals surface area contributed by atoms with Crippen molar-refractivity contribution >= 4 is 21.5 Å². The molecular weight excluding hydrogens is 300 g/mol. The second-order valence-corrected chi connectivity index (χ2v) is 6.61. The van der Waals surface area contributed by atoms with Gasteiger partial charge in [0, 0.05) is 0 Å². The molecule has 1 aliphatic heterocycles. The van der Waals surface area contributed by atoms with Crippen molar-refractivity contribution in [3.8, 4) is 0 Å². The van der Waals surface area contributed by atoms with Gasteiger partial charge in [0.1, 0.15) is 0 Å². The number of hydrazine groups is 1. The standard InChI is InChI=1S/C16H16N2O3S/c1-12-11-18(17-16(12)13-5-3-2-4-6-13)14-7-9-15(10-8-14)22(19,20)21/h2-10,17H,11H2,1H3,(H,19,20,21). The zero-order valence-electron chi connectivity index (χ0n) is 12.0. The van der Waals surface area contributed by atoms with Crippen molar-refractivity contribution in [1.29, 1.82) is 0 Å². The highest BCUT2D eigenvalue weighted by molar-refractivity contribution is 7.85. The average molecular weight is 316 g/mol. The summed E-state index contributed by atoms with van der Waals surface area (Å²) < 4.78 is 31.2. The third kappa shape index (κ3) is 2.84. The highest BCUT2D eigenvalue weighted by atomic mass is 32.2. The predicted molar refractivity (Wildman–Crippen MR) is 85.8 cm³/mol. The number of rotatable bonds is 3. The zero-order valence-corrected chi connectivity index (χ0v) is 12.8. The lowest BCUT2D eigenvalue weighted by atomic mass is 10.1. The van der Waals surface area contributed by atoms with E-state index in [-0.39, 0.29) is 4.90 Å². The van der Waals surface area contributed by atoms with Gasteiger partial charge in [-0.15, -0.1) is 0 Å². The van der Waals surface area contributed by atoms with Crippen LogP contribution in [0.3, 0.4) is 0 Å². The lowest BCUT2D eigenvalue weighted by molar-refractivity contribution is 0.483. The molecule has 0 bridgehead atoms. The zero-order chi connectivity index (χ0) is 15.7. The van der Waals surface area contributed by atoms with Crippen LogP contribution in [0.15, 0.2) is 65.1 Å². The minimum Gasteiger partial charge on any atom is -0.297 e. The van der Waals surface area contributed by atoms with Crippen molar-refractivity contribution in [3.05, 3.63) is 65.7 Å². The minimum absolute atomic E-state index is 0.108. The number of hydrogen-bond acceptors (Lipinski definition) is 4. The van der Waals surface area contributed by atoms with E-state index in [1.165, 1.54) is 17.7 Å². The van der Waals surface area contributed by atoms with Gasteiger partial charge in [-0.25, -0.2) is 0 Å². The lowest BCUT2D eigenvalue weighted by Gasteiger charge is -2.20. The third-order valence-corrected chi connectivity index (χ3v) is 4.45. The van der Waals surface area contributed by atoms with Gasteiger partial charge >= 0.3 is 0 Å². The lowest BCUT2D eigenvalue weighted by Crippen LogP contribution is -2.31. The maximum absolute atomic E-state index is 11.1. The maximum atomic E-state index is 11.1. The molecule has 2 aromatic carbocycles. The Labute approximate surface area is 129 Å². The molecule has 0 atom stereocenters. The number of nitrogens with one attached hydrogen (secondary N) is 1. The van der Waals surface area contributed by atoms with Crippen LogP contribution in [-0.4, -0.2) is 19.5 Å². The van der Waals surface area contributed by atoms with E-state index in [1.54, 1.807) is 12.1 Å². The highest BCUT2D eigenvalue weighted by Gasteiger charge is 2.20. The molecule has 0 spiro atoms. The first-order valence-corrected chi connectivity index (χ1v) is 8.26. The summed E-state index contributed by atoms with van der Waals surface area (Å²) in [6.07, 6.45) is 0. The van der Waals surface area contributed by atoms with Gasteiger partial charge in [0.15, 0.2) is 0 Å². The van der Waals surface area contributed by atoms with E-state index in [1.807, 2.05) is 35.3 Å². The van der Waals surface area contributed by atoms with Crippen LogP contribution in [0.1, 0.15) is 12.5 Å². The Morgan fingerprint density at radius 1 is 1.05 bits per heavy atom. The van der Waals surface area contributed by atoms with Crippen LogP contribution in [0, 0.1) is 0 Å². The van der Waals surface area contributed by atoms with Crippen molar-refractivity contribution < 1.29 is 13.0 Å². The van der Waals surface area contributed by atoms with Gasteiger partial charge < -0.3 is 0 Å². The summed E-state index contributed by atoms with van der Waals surface area (Å²) in [4.78, 5) is -0.108. The van der Waals surface area contributed by atoms with E-state index >= 15 is 0 Å². The predicted octanol–water partition coefficient (Wildman–Crippen LogP) is 2.69. The Morgan fingerprint density at radius 3 is 2.27 bits per heavy atom. The second-order valence-electron chi connectivity index (χ2n) is 5.19. The largest absolute Gasteiger partial charge is 0.297 e. The molecule has 2 N–H and O–H groups in total. The monoisotopic (exact) mass is 316 g/mol. The van der Waals surface area contributed by atoms with E-state index < -0.39 is 10.1 Å². The Balaban J connectivity index is 1.82. The van der Waals surface area contributed by atoms with E-state index in [2.05, 4.69) is 12.3 Å². The summed E-state index contributed by atoms with van der Waals surface area (Å²) in [6.45, 7) is 2.76. The van der Waals surface area contributed by atoms with Crippen molar-refractivity contribution in [3.63, 3.8) is 0 Å². The molecule has 2 aromatic rings. The Hall–Kier alpha value is -2.31. The van der Waals surface area contributed by atoms with Crippen LogP contribution in [0.25, 0.3) is 5.70 Å². The van der Waals surface area contributed by atoms with Gasteiger partial charge in [0.25, 0.3) is 10.1 Å². The summed E-state index contributed by atoms with van der Waals surface area (Å²) in [6, 6.07) is 16.1. The summed E-state index contributed by atoms with van der Waals surface area (Å²) in [5, 5.41) is 1.94. The molecule has 22 heavy (non-hydrogen) atoms. The molecule has 0 radical (unpaired) electrons. The summed E-state index contributed by atoms with van der Waals surface area (Å²) >= 11 is 0. The molecule has 0 saturated carbocycles. The van der Waals surface area contributed by atoms with Crippen molar-refractivity contribution in [2.24, 2.45) is 0 Å². The van der Waals surface area contributed by atoms with Gasteiger partial charge in [-0.3, -0.25) is 15.0 Å². The van der Waals surface area contributed by atoms with Crippen LogP contribution < -0.4 is 10.4 Å². The van der Waals surface area contributed by atoms with Gasteiger partial charge in [-0.05, 0) is 42.3 Å². The van der Waals surface area contributed by atoms with Gasteiger partial charge in [0.2, 0.25) is 0 Å². The van der Waals surface area contributed by atoms with Crippen molar-refractivity contribution in [2.75, 3.05) is 11.6 Å². The number of nitrogens with zero attached hydrogens (tertiary/aromatic N) is 1. The first-order chi connectivity index (χ1) is 10.4. The first kappa shape index (κ1) is 14.6. The van der Waals surface area contributed by atoms with Crippen LogP contribution in [0.4, 0.5) is 5.69 Å². The topological polar surface area (TPSA) is 69.6 Å². The number of benzene rings is 2. The molecule has 0 aromatic heterocycles. The van der Waals surface area contributed by atoms with Crippen LogP contribution >= 0.6 is 0 Å². The van der Waals surface area contributed by atoms with Crippen LogP contribution in [0.5, 0.6) is 0 Å². The van der Waals surface area contributed by atoms with E-state index in [4.69, 9.17) is 4.55 Å². The van der Waals surface area contributed by atoms with Crippen LogP contribution in [-0.2, 0) is 10.1 Å². The van der Waals surface area contributed by atoms with Gasteiger partial charge in [0.05, 0.1) is 22.8 Å². The first-order valence-electron chi connectivity index (χ1n) is 6.82. The molecule has 0 unspecified atom stereocenters. The smallest absolute Gasteiger partial charge is 0.294 e. The number of anilines is 1. The molecule has 5 nitrogen and oxygen atoms in total. The SMILES string of the molecule is CC1=C(c2ccccc2)NN(c2ccc(S(=O)(=O)O)cc2)C1. The molecule has 1 heterocycles. The minimum atomic E-state index is -4.16. The maximum Gasteiger partial charge on any atom is 0.294 e. The highest BCUT2D eigenvalue weighted by Crippen LogP contribution is 2.26. The normalized spacial score (nSPS) is 15.1. The molecule has 0 aliphatic carbocycles. The average Bonchev–Trinajstić information content (AvgIpc) is 2.89. The number of hydrogen-bond donors (Lipinski definition) is 2. The van der Waals surface area contributed by atoms with Crippen LogP contribution in [0.2, 0.25) is 0 Å². The Bertz CT molecular complexity index is 812. The van der Waals surface area contributed by atoms with Gasteiger partial charge in [-0.1, -0.05) is 30.3 Å². The molecule has 0 fully saturated rings. The Morgan fingerprint density at radius 2 is 1.68 bits per heavy atom. The molecule has 3 rings (SSSR count). The molecule has 0 saturated heterocycles. The molecular formula is C16H16N2O3S. The third-order valence-electron chi connectivity index (χ3n) is 3.58. The van der Waals surface area contributed by atoms with E-state index in [0.29, 0.717) is 6.54 Å². The molecule has 114 valence electrons. The molecule has 6 heteroatoms. The fourth-order valence-electron chi connectivity index (χ4n) is 2.46. The fraction of sp³-hybridized carbons (Fsp3) is 0.125.